The maximum atomic E-state index is 5.19. The van der Waals surface area contributed by atoms with Gasteiger partial charge in [0, 0.05) is 12.8 Å². The molecule has 0 amide bonds. The van der Waals surface area contributed by atoms with Crippen molar-refractivity contribution in [2.24, 2.45) is 0 Å². The first-order valence-corrected chi connectivity index (χ1v) is 8.30. The van der Waals surface area contributed by atoms with Crippen LogP contribution >= 0.6 is 0 Å². The highest BCUT2D eigenvalue weighted by Crippen LogP contribution is 2.13. The van der Waals surface area contributed by atoms with Crippen LogP contribution in [0.25, 0.3) is 0 Å². The minimum atomic E-state index is 0.635. The molecule has 0 heterocycles. The van der Waals surface area contributed by atoms with Crippen LogP contribution in [0, 0.1) is 0 Å². The molecule has 0 fully saturated rings. The first-order valence-electron chi connectivity index (χ1n) is 8.30. The Labute approximate surface area is 139 Å². The molecule has 0 aliphatic rings. The number of aryl methyl sites for hydroxylation is 1. The van der Waals surface area contributed by atoms with Gasteiger partial charge in [-0.1, -0.05) is 24.3 Å². The fourth-order valence-electron chi connectivity index (χ4n) is 2.63. The lowest BCUT2D eigenvalue weighted by molar-refractivity contribution is -0.686. The first kappa shape index (κ1) is 17.4. The van der Waals surface area contributed by atoms with Gasteiger partial charge in [-0.3, -0.25) is 0 Å². The predicted molar refractivity (Wildman–Crippen MR) is 94.3 cm³/mol. The number of rotatable bonds is 9. The zero-order valence-corrected chi connectivity index (χ0v) is 14.4. The normalized spacial score (nSPS) is 12.0. The van der Waals surface area contributed by atoms with Crippen molar-refractivity contribution in [3.8, 4) is 11.5 Å². The molecule has 2 aromatic carbocycles. The first-order chi connectivity index (χ1) is 11.2. The Morgan fingerprint density at radius 3 is 1.74 bits per heavy atom. The lowest BCUT2D eigenvalue weighted by Gasteiger charge is -2.11. The van der Waals surface area contributed by atoms with E-state index in [9.17, 15) is 0 Å². The highest BCUT2D eigenvalue weighted by molar-refractivity contribution is 5.27. The summed E-state index contributed by atoms with van der Waals surface area (Å²) < 4.78 is 10.4. The van der Waals surface area contributed by atoms with Crippen molar-refractivity contribution in [2.45, 2.75) is 32.2 Å². The van der Waals surface area contributed by atoms with Crippen molar-refractivity contribution in [3.05, 3.63) is 59.7 Å². The molecule has 3 heteroatoms. The molecule has 0 aromatic heterocycles. The summed E-state index contributed by atoms with van der Waals surface area (Å²) in [5.41, 5.74) is 2.74. The third-order valence-electron chi connectivity index (χ3n) is 4.21. The van der Waals surface area contributed by atoms with Gasteiger partial charge in [0.2, 0.25) is 0 Å². The van der Waals surface area contributed by atoms with Crippen LogP contribution in [-0.4, -0.2) is 26.8 Å². The van der Waals surface area contributed by atoms with E-state index in [1.165, 1.54) is 17.5 Å². The highest BCUT2D eigenvalue weighted by atomic mass is 16.5. The molecule has 2 rings (SSSR count). The minimum Gasteiger partial charge on any atom is -0.497 e. The summed E-state index contributed by atoms with van der Waals surface area (Å²) in [5, 5.41) is 2.44. The van der Waals surface area contributed by atoms with Crippen molar-refractivity contribution in [1.82, 2.24) is 0 Å². The van der Waals surface area contributed by atoms with E-state index in [4.69, 9.17) is 9.47 Å². The SMILES string of the molecule is COc1ccc(CC[NH2+][C@@H](C)CCc2ccc(OC)cc2)cc1. The summed E-state index contributed by atoms with van der Waals surface area (Å²) in [4.78, 5) is 0. The molecular weight excluding hydrogens is 286 g/mol. The Balaban J connectivity index is 1.66. The van der Waals surface area contributed by atoms with Gasteiger partial charge in [0.15, 0.2) is 0 Å². The smallest absolute Gasteiger partial charge is 0.118 e. The van der Waals surface area contributed by atoms with Gasteiger partial charge in [-0.25, -0.2) is 0 Å². The Kier molecular flexibility index (Phi) is 6.95. The third kappa shape index (κ3) is 5.95. The molecule has 0 unspecified atom stereocenters. The summed E-state index contributed by atoms with van der Waals surface area (Å²) in [6.07, 6.45) is 3.40. The second-order valence-electron chi connectivity index (χ2n) is 5.99. The maximum Gasteiger partial charge on any atom is 0.118 e. The fourth-order valence-corrected chi connectivity index (χ4v) is 2.63. The van der Waals surface area contributed by atoms with E-state index in [1.54, 1.807) is 14.2 Å². The summed E-state index contributed by atoms with van der Waals surface area (Å²) in [6.45, 7) is 3.42. The molecule has 0 saturated carbocycles. The van der Waals surface area contributed by atoms with E-state index in [0.29, 0.717) is 6.04 Å². The van der Waals surface area contributed by atoms with Crippen molar-refractivity contribution in [2.75, 3.05) is 20.8 Å². The Morgan fingerprint density at radius 1 is 0.783 bits per heavy atom. The van der Waals surface area contributed by atoms with Gasteiger partial charge in [0.1, 0.15) is 11.5 Å². The fraction of sp³-hybridized carbons (Fsp3) is 0.400. The number of quaternary nitrogens is 1. The molecule has 0 saturated heterocycles. The molecule has 0 aliphatic heterocycles. The average Bonchev–Trinajstić information content (AvgIpc) is 2.61. The standard InChI is InChI=1S/C20H27NO2/c1-16(4-5-17-6-10-19(22-2)11-7-17)21-15-14-18-8-12-20(23-3)13-9-18/h6-13,16,21H,4-5,14-15H2,1-3H3/p+1/t16-/m0/s1. The molecule has 124 valence electrons. The van der Waals surface area contributed by atoms with E-state index in [-0.39, 0.29) is 0 Å². The molecule has 23 heavy (non-hydrogen) atoms. The second kappa shape index (κ2) is 9.21. The second-order valence-corrected chi connectivity index (χ2v) is 5.99. The summed E-state index contributed by atoms with van der Waals surface area (Å²) in [5.74, 6) is 1.85. The van der Waals surface area contributed by atoms with Gasteiger partial charge in [-0.15, -0.1) is 0 Å². The highest BCUT2D eigenvalue weighted by Gasteiger charge is 2.06. The van der Waals surface area contributed by atoms with Crippen molar-refractivity contribution in [3.63, 3.8) is 0 Å². The van der Waals surface area contributed by atoms with Crippen LogP contribution in [0.3, 0.4) is 0 Å². The Morgan fingerprint density at radius 2 is 1.26 bits per heavy atom. The monoisotopic (exact) mass is 314 g/mol. The molecule has 1 atom stereocenters. The van der Waals surface area contributed by atoms with E-state index >= 15 is 0 Å². The van der Waals surface area contributed by atoms with Crippen molar-refractivity contribution >= 4 is 0 Å². The molecule has 0 radical (unpaired) electrons. The maximum absolute atomic E-state index is 5.19. The molecule has 3 nitrogen and oxygen atoms in total. The van der Waals surface area contributed by atoms with Gasteiger partial charge >= 0.3 is 0 Å². The van der Waals surface area contributed by atoms with Crippen molar-refractivity contribution in [1.29, 1.82) is 0 Å². The van der Waals surface area contributed by atoms with Gasteiger partial charge < -0.3 is 14.8 Å². The summed E-state index contributed by atoms with van der Waals surface area (Å²) in [6, 6.07) is 17.4. The number of benzene rings is 2. The van der Waals surface area contributed by atoms with Crippen LogP contribution in [0.2, 0.25) is 0 Å². The van der Waals surface area contributed by atoms with Crippen LogP contribution in [0.4, 0.5) is 0 Å². The largest absolute Gasteiger partial charge is 0.497 e. The molecular formula is C20H28NO2+. The quantitative estimate of drug-likeness (QED) is 0.772. The Bertz CT molecular complexity index is 563. The number of hydrogen-bond acceptors (Lipinski definition) is 2. The number of ether oxygens (including phenoxy) is 2. The molecule has 2 aromatic rings. The zero-order chi connectivity index (χ0) is 16.5. The molecule has 0 spiro atoms. The van der Waals surface area contributed by atoms with Gasteiger partial charge in [0.25, 0.3) is 0 Å². The number of methoxy groups -OCH3 is 2. The minimum absolute atomic E-state index is 0.635. The lowest BCUT2D eigenvalue weighted by Crippen LogP contribution is -2.89. The van der Waals surface area contributed by atoms with Gasteiger partial charge in [-0.2, -0.15) is 0 Å². The van der Waals surface area contributed by atoms with E-state index < -0.39 is 0 Å². The molecule has 0 aliphatic carbocycles. The molecule has 0 bridgehead atoms. The third-order valence-corrected chi connectivity index (χ3v) is 4.21. The summed E-state index contributed by atoms with van der Waals surface area (Å²) in [7, 11) is 3.40. The van der Waals surface area contributed by atoms with Crippen LogP contribution in [0.5, 0.6) is 11.5 Å². The van der Waals surface area contributed by atoms with Crippen molar-refractivity contribution < 1.29 is 14.8 Å². The zero-order valence-electron chi connectivity index (χ0n) is 14.4. The average molecular weight is 314 g/mol. The van der Waals surface area contributed by atoms with E-state index in [2.05, 4.69) is 36.5 Å². The van der Waals surface area contributed by atoms with E-state index in [1.807, 2.05) is 24.3 Å². The number of hydrogen-bond donors (Lipinski definition) is 1. The van der Waals surface area contributed by atoms with Crippen LogP contribution < -0.4 is 14.8 Å². The van der Waals surface area contributed by atoms with Crippen LogP contribution in [-0.2, 0) is 12.8 Å². The van der Waals surface area contributed by atoms with Crippen LogP contribution in [0.1, 0.15) is 24.5 Å². The lowest BCUT2D eigenvalue weighted by atomic mass is 10.1. The summed E-state index contributed by atoms with van der Waals surface area (Å²) >= 11 is 0. The molecule has 2 N–H and O–H groups in total. The van der Waals surface area contributed by atoms with Crippen LogP contribution in [0.15, 0.2) is 48.5 Å². The van der Waals surface area contributed by atoms with E-state index in [0.717, 1.165) is 30.9 Å². The Hall–Kier alpha value is -2.00. The topological polar surface area (TPSA) is 35.1 Å². The number of nitrogens with two attached hydrogens (primary N) is 1. The predicted octanol–water partition coefficient (Wildman–Crippen LogP) is 2.83. The van der Waals surface area contributed by atoms with Gasteiger partial charge in [-0.05, 0) is 48.7 Å². The van der Waals surface area contributed by atoms with Gasteiger partial charge in [0.05, 0.1) is 26.8 Å².